The second-order valence-electron chi connectivity index (χ2n) is 8.68. The Labute approximate surface area is 212 Å². The number of unbranched alkanes of at least 4 members (excludes halogenated alkanes) is 4. The van der Waals surface area contributed by atoms with Crippen molar-refractivity contribution in [2.45, 2.75) is 51.5 Å². The van der Waals surface area contributed by atoms with Gasteiger partial charge in [-0.3, -0.25) is 14.4 Å². The van der Waals surface area contributed by atoms with E-state index in [0.717, 1.165) is 12.8 Å². The quantitative estimate of drug-likeness (QED) is 0.314. The molecule has 8 heteroatoms. The maximum Gasteiger partial charge on any atom is 0.308 e. The van der Waals surface area contributed by atoms with E-state index < -0.39 is 12.0 Å². The van der Waals surface area contributed by atoms with E-state index in [2.05, 4.69) is 12.2 Å². The molecule has 194 valence electrons. The molecular formula is C28H36N2O6. The van der Waals surface area contributed by atoms with Crippen molar-refractivity contribution in [1.82, 2.24) is 10.2 Å². The number of amides is 2. The summed E-state index contributed by atoms with van der Waals surface area (Å²) in [7, 11) is 0. The zero-order chi connectivity index (χ0) is 25.6. The largest absolute Gasteiger partial charge is 0.494 e. The van der Waals surface area contributed by atoms with Crippen molar-refractivity contribution in [3.8, 4) is 11.5 Å². The van der Waals surface area contributed by atoms with Crippen LogP contribution < -0.4 is 14.8 Å². The van der Waals surface area contributed by atoms with Crippen LogP contribution in [0.4, 0.5) is 0 Å². The third-order valence-electron chi connectivity index (χ3n) is 5.93. The van der Waals surface area contributed by atoms with Gasteiger partial charge in [0.25, 0.3) is 5.91 Å². The molecule has 36 heavy (non-hydrogen) atoms. The molecule has 0 bridgehead atoms. The number of para-hydroxylation sites is 1. The molecule has 1 saturated heterocycles. The van der Waals surface area contributed by atoms with Crippen LogP contribution in [0.1, 0.15) is 55.8 Å². The standard InChI is InChI=1S/C28H36N2O6/c1-2-3-4-5-9-18-34-24-14-12-22(13-15-24)28(33)30-17-16-29-27(32)25(30)21-26(31)36-20-19-35-23-10-7-6-8-11-23/h6-8,10-15,25H,2-5,9,16-21H2,1H3,(H,29,32). The summed E-state index contributed by atoms with van der Waals surface area (Å²) in [6.45, 7) is 3.73. The Bertz CT molecular complexity index is 964. The maximum atomic E-state index is 13.2. The summed E-state index contributed by atoms with van der Waals surface area (Å²) in [6, 6.07) is 15.2. The Morgan fingerprint density at radius 1 is 0.889 bits per heavy atom. The number of esters is 1. The molecule has 0 aliphatic carbocycles. The molecule has 1 fully saturated rings. The molecule has 1 unspecified atom stereocenters. The number of rotatable bonds is 14. The second-order valence-corrected chi connectivity index (χ2v) is 8.68. The van der Waals surface area contributed by atoms with Gasteiger partial charge >= 0.3 is 5.97 Å². The Morgan fingerprint density at radius 2 is 1.58 bits per heavy atom. The van der Waals surface area contributed by atoms with Gasteiger partial charge in [-0.25, -0.2) is 0 Å². The van der Waals surface area contributed by atoms with Crippen LogP contribution in [0.25, 0.3) is 0 Å². The highest BCUT2D eigenvalue weighted by Gasteiger charge is 2.35. The van der Waals surface area contributed by atoms with Gasteiger partial charge in [-0.05, 0) is 42.8 Å². The zero-order valence-electron chi connectivity index (χ0n) is 20.9. The van der Waals surface area contributed by atoms with Crippen LogP contribution in [-0.2, 0) is 14.3 Å². The summed E-state index contributed by atoms with van der Waals surface area (Å²) >= 11 is 0. The Kier molecular flexibility index (Phi) is 11.1. The molecule has 2 aromatic carbocycles. The van der Waals surface area contributed by atoms with Crippen LogP contribution in [-0.4, -0.2) is 61.6 Å². The van der Waals surface area contributed by atoms with Gasteiger partial charge in [0, 0.05) is 18.7 Å². The molecular weight excluding hydrogens is 460 g/mol. The Morgan fingerprint density at radius 3 is 2.33 bits per heavy atom. The van der Waals surface area contributed by atoms with Gasteiger partial charge in [0.2, 0.25) is 5.91 Å². The molecule has 1 aliphatic heterocycles. The number of hydrogen-bond donors (Lipinski definition) is 1. The zero-order valence-corrected chi connectivity index (χ0v) is 20.9. The predicted octanol–water partition coefficient (Wildman–Crippen LogP) is 3.99. The smallest absolute Gasteiger partial charge is 0.308 e. The summed E-state index contributed by atoms with van der Waals surface area (Å²) in [5.74, 6) is 0.155. The van der Waals surface area contributed by atoms with Crippen molar-refractivity contribution in [2.75, 3.05) is 32.9 Å². The van der Waals surface area contributed by atoms with E-state index in [1.807, 2.05) is 30.3 Å². The molecule has 0 saturated carbocycles. The van der Waals surface area contributed by atoms with Crippen molar-refractivity contribution in [1.29, 1.82) is 0 Å². The molecule has 1 heterocycles. The molecule has 8 nitrogen and oxygen atoms in total. The topological polar surface area (TPSA) is 94.2 Å². The second kappa shape index (κ2) is 14.8. The highest BCUT2D eigenvalue weighted by atomic mass is 16.6. The van der Waals surface area contributed by atoms with Crippen molar-refractivity contribution in [2.24, 2.45) is 0 Å². The minimum Gasteiger partial charge on any atom is -0.494 e. The Balaban J connectivity index is 1.47. The number of nitrogens with one attached hydrogen (secondary N) is 1. The van der Waals surface area contributed by atoms with Crippen LogP contribution in [0.5, 0.6) is 11.5 Å². The van der Waals surface area contributed by atoms with Gasteiger partial charge < -0.3 is 24.4 Å². The normalized spacial score (nSPS) is 15.2. The van der Waals surface area contributed by atoms with Gasteiger partial charge in [-0.15, -0.1) is 0 Å². The highest BCUT2D eigenvalue weighted by molar-refractivity contribution is 5.99. The summed E-state index contributed by atoms with van der Waals surface area (Å²) in [4.78, 5) is 39.5. The van der Waals surface area contributed by atoms with E-state index in [1.165, 1.54) is 24.2 Å². The first kappa shape index (κ1) is 27.0. The van der Waals surface area contributed by atoms with E-state index in [4.69, 9.17) is 14.2 Å². The van der Waals surface area contributed by atoms with Crippen molar-refractivity contribution in [3.05, 3.63) is 60.2 Å². The van der Waals surface area contributed by atoms with E-state index >= 15 is 0 Å². The number of nitrogens with zero attached hydrogens (tertiary/aromatic N) is 1. The third-order valence-corrected chi connectivity index (χ3v) is 5.93. The molecule has 0 spiro atoms. The molecule has 2 amide bonds. The first-order chi connectivity index (χ1) is 17.6. The number of benzene rings is 2. The number of carbonyl (C=O) groups is 3. The van der Waals surface area contributed by atoms with Crippen LogP contribution in [0.2, 0.25) is 0 Å². The van der Waals surface area contributed by atoms with Gasteiger partial charge in [0.05, 0.1) is 13.0 Å². The molecule has 0 radical (unpaired) electrons. The van der Waals surface area contributed by atoms with E-state index in [1.54, 1.807) is 24.3 Å². The minimum atomic E-state index is -0.923. The van der Waals surface area contributed by atoms with Crippen LogP contribution in [0.15, 0.2) is 54.6 Å². The fourth-order valence-electron chi connectivity index (χ4n) is 3.96. The lowest BCUT2D eigenvalue weighted by Gasteiger charge is -2.34. The summed E-state index contributed by atoms with van der Waals surface area (Å²) in [5.41, 5.74) is 0.439. The third kappa shape index (κ3) is 8.59. The molecule has 3 rings (SSSR count). The number of carbonyl (C=O) groups excluding carboxylic acids is 3. The number of piperazine rings is 1. The van der Waals surface area contributed by atoms with Crippen molar-refractivity contribution >= 4 is 17.8 Å². The highest BCUT2D eigenvalue weighted by Crippen LogP contribution is 2.18. The molecule has 1 aliphatic rings. The lowest BCUT2D eigenvalue weighted by molar-refractivity contribution is -0.148. The number of hydrogen-bond acceptors (Lipinski definition) is 6. The fraction of sp³-hybridized carbons (Fsp3) is 0.464. The van der Waals surface area contributed by atoms with Crippen LogP contribution in [0, 0.1) is 0 Å². The van der Waals surface area contributed by atoms with Crippen LogP contribution in [0.3, 0.4) is 0 Å². The van der Waals surface area contributed by atoms with Crippen molar-refractivity contribution in [3.63, 3.8) is 0 Å². The SMILES string of the molecule is CCCCCCCOc1ccc(C(=O)N2CCNC(=O)C2CC(=O)OCCOc2ccccc2)cc1. The number of ether oxygens (including phenoxy) is 3. The first-order valence-corrected chi connectivity index (χ1v) is 12.7. The lowest BCUT2D eigenvalue weighted by Crippen LogP contribution is -2.57. The van der Waals surface area contributed by atoms with E-state index in [-0.39, 0.29) is 31.4 Å². The Hall–Kier alpha value is -3.55. The minimum absolute atomic E-state index is 0.0517. The molecule has 0 aromatic heterocycles. The maximum absolute atomic E-state index is 13.2. The summed E-state index contributed by atoms with van der Waals surface area (Å²) < 4.78 is 16.5. The lowest BCUT2D eigenvalue weighted by atomic mass is 10.1. The summed E-state index contributed by atoms with van der Waals surface area (Å²) in [6.07, 6.45) is 5.59. The van der Waals surface area contributed by atoms with E-state index in [9.17, 15) is 14.4 Å². The summed E-state index contributed by atoms with van der Waals surface area (Å²) in [5, 5.41) is 2.73. The molecule has 2 aromatic rings. The predicted molar refractivity (Wildman–Crippen MR) is 136 cm³/mol. The average molecular weight is 497 g/mol. The first-order valence-electron chi connectivity index (χ1n) is 12.7. The molecule has 1 N–H and O–H groups in total. The average Bonchev–Trinajstić information content (AvgIpc) is 2.90. The van der Waals surface area contributed by atoms with Gasteiger partial charge in [-0.2, -0.15) is 0 Å². The van der Waals surface area contributed by atoms with Gasteiger partial charge in [0.15, 0.2) is 0 Å². The fourth-order valence-corrected chi connectivity index (χ4v) is 3.96. The van der Waals surface area contributed by atoms with Gasteiger partial charge in [0.1, 0.15) is 30.8 Å². The van der Waals surface area contributed by atoms with Gasteiger partial charge in [-0.1, -0.05) is 50.8 Å². The van der Waals surface area contributed by atoms with E-state index in [0.29, 0.717) is 36.8 Å². The monoisotopic (exact) mass is 496 g/mol. The van der Waals surface area contributed by atoms with Crippen LogP contribution >= 0.6 is 0 Å². The van der Waals surface area contributed by atoms with Crippen molar-refractivity contribution < 1.29 is 28.6 Å². The molecule has 1 atom stereocenters.